The van der Waals surface area contributed by atoms with Crippen LogP contribution in [0.5, 0.6) is 0 Å². The zero-order valence-electron chi connectivity index (χ0n) is 13.1. The molecule has 1 saturated carbocycles. The lowest BCUT2D eigenvalue weighted by Gasteiger charge is -2.38. The number of carboxylic acids is 1. The van der Waals surface area contributed by atoms with Gasteiger partial charge in [0.15, 0.2) is 0 Å². The van der Waals surface area contributed by atoms with Gasteiger partial charge in [0.2, 0.25) is 11.8 Å². The van der Waals surface area contributed by atoms with Crippen molar-refractivity contribution in [3.05, 3.63) is 35.4 Å². The molecule has 0 aliphatic heterocycles. The second-order valence-corrected chi connectivity index (χ2v) is 5.88. The van der Waals surface area contributed by atoms with E-state index in [-0.39, 0.29) is 0 Å². The van der Waals surface area contributed by atoms with Crippen LogP contribution in [0.15, 0.2) is 18.2 Å². The van der Waals surface area contributed by atoms with Crippen molar-refractivity contribution in [1.82, 2.24) is 10.6 Å². The Morgan fingerprint density at radius 1 is 1.25 bits per heavy atom. The molecule has 1 fully saturated rings. The molecule has 0 spiro atoms. The third kappa shape index (κ3) is 3.69. The Kier molecular flexibility index (Phi) is 5.16. The monoisotopic (exact) mass is 340 g/mol. The molecule has 24 heavy (non-hydrogen) atoms. The molecular formula is C16H18F2N2O4. The minimum Gasteiger partial charge on any atom is -0.480 e. The Labute approximate surface area is 137 Å². The summed E-state index contributed by atoms with van der Waals surface area (Å²) in [5.74, 6) is -4.18. The van der Waals surface area contributed by atoms with Crippen molar-refractivity contribution in [3.8, 4) is 0 Å². The fourth-order valence-electron chi connectivity index (χ4n) is 2.74. The number of nitrogens with one attached hydrogen (secondary N) is 2. The molecule has 2 amide bonds. The molecule has 1 aliphatic carbocycles. The minimum absolute atomic E-state index is 0.299. The van der Waals surface area contributed by atoms with Crippen molar-refractivity contribution in [3.63, 3.8) is 0 Å². The number of hydrogen-bond acceptors (Lipinski definition) is 3. The van der Waals surface area contributed by atoms with E-state index in [0.717, 1.165) is 19.1 Å². The van der Waals surface area contributed by atoms with E-state index in [0.29, 0.717) is 19.3 Å². The summed E-state index contributed by atoms with van der Waals surface area (Å²) >= 11 is 0. The Balaban J connectivity index is 2.19. The van der Waals surface area contributed by atoms with E-state index >= 15 is 0 Å². The zero-order valence-corrected chi connectivity index (χ0v) is 13.1. The van der Waals surface area contributed by atoms with E-state index in [1.54, 1.807) is 0 Å². The van der Waals surface area contributed by atoms with Crippen LogP contribution in [0.4, 0.5) is 8.78 Å². The SMILES string of the molecule is CC(=O)NC(CC(=O)NC1(C(=O)O)CCC1)c1c(F)cccc1F. The van der Waals surface area contributed by atoms with Crippen molar-refractivity contribution in [2.24, 2.45) is 0 Å². The molecule has 1 atom stereocenters. The third-order valence-electron chi connectivity index (χ3n) is 4.11. The van der Waals surface area contributed by atoms with Crippen molar-refractivity contribution in [2.75, 3.05) is 0 Å². The van der Waals surface area contributed by atoms with Gasteiger partial charge in [0.1, 0.15) is 17.2 Å². The molecule has 3 N–H and O–H groups in total. The highest BCUT2D eigenvalue weighted by Crippen LogP contribution is 2.32. The lowest BCUT2D eigenvalue weighted by atomic mass is 9.76. The van der Waals surface area contributed by atoms with Crippen molar-refractivity contribution in [2.45, 2.75) is 44.2 Å². The van der Waals surface area contributed by atoms with Crippen LogP contribution < -0.4 is 10.6 Å². The molecule has 0 bridgehead atoms. The van der Waals surface area contributed by atoms with Gasteiger partial charge >= 0.3 is 5.97 Å². The van der Waals surface area contributed by atoms with Crippen LogP contribution in [0.2, 0.25) is 0 Å². The van der Waals surface area contributed by atoms with Crippen LogP contribution in [0.25, 0.3) is 0 Å². The first kappa shape index (κ1) is 17.8. The molecule has 0 radical (unpaired) electrons. The van der Waals surface area contributed by atoms with Gasteiger partial charge in [0, 0.05) is 12.5 Å². The number of carbonyl (C=O) groups excluding carboxylic acids is 2. The number of rotatable bonds is 6. The van der Waals surface area contributed by atoms with E-state index in [9.17, 15) is 28.3 Å². The van der Waals surface area contributed by atoms with Crippen LogP contribution >= 0.6 is 0 Å². The summed E-state index contributed by atoms with van der Waals surface area (Å²) in [5.41, 5.74) is -1.76. The predicted octanol–water partition coefficient (Wildman–Crippen LogP) is 1.66. The van der Waals surface area contributed by atoms with Gasteiger partial charge < -0.3 is 15.7 Å². The first-order valence-electron chi connectivity index (χ1n) is 7.50. The van der Waals surface area contributed by atoms with Crippen LogP contribution in [0, 0.1) is 11.6 Å². The summed E-state index contributed by atoms with van der Waals surface area (Å²) in [6.45, 7) is 1.16. The van der Waals surface area contributed by atoms with Gasteiger partial charge in [0.05, 0.1) is 12.5 Å². The zero-order chi connectivity index (χ0) is 17.9. The Bertz CT molecular complexity index is 654. The summed E-state index contributed by atoms with van der Waals surface area (Å²) in [6.07, 6.45) is 0.802. The second kappa shape index (κ2) is 6.94. The molecule has 0 heterocycles. The highest BCUT2D eigenvalue weighted by atomic mass is 19.1. The number of hydrogen-bond donors (Lipinski definition) is 3. The number of benzene rings is 1. The summed E-state index contributed by atoms with van der Waals surface area (Å²) in [7, 11) is 0. The first-order valence-corrected chi connectivity index (χ1v) is 7.50. The molecule has 8 heteroatoms. The van der Waals surface area contributed by atoms with Gasteiger partial charge in [-0.1, -0.05) is 6.07 Å². The Morgan fingerprint density at radius 3 is 2.25 bits per heavy atom. The van der Waals surface area contributed by atoms with Gasteiger partial charge in [-0.15, -0.1) is 0 Å². The van der Waals surface area contributed by atoms with E-state index in [2.05, 4.69) is 10.6 Å². The van der Waals surface area contributed by atoms with Crippen LogP contribution in [-0.4, -0.2) is 28.4 Å². The van der Waals surface area contributed by atoms with Gasteiger partial charge in [-0.2, -0.15) is 0 Å². The summed E-state index contributed by atoms with van der Waals surface area (Å²) in [4.78, 5) is 34.8. The number of halogens is 2. The summed E-state index contributed by atoms with van der Waals surface area (Å²) < 4.78 is 27.9. The minimum atomic E-state index is -1.33. The fourth-order valence-corrected chi connectivity index (χ4v) is 2.74. The van der Waals surface area contributed by atoms with Gasteiger partial charge in [-0.05, 0) is 31.4 Å². The Morgan fingerprint density at radius 2 is 1.83 bits per heavy atom. The Hall–Kier alpha value is -2.51. The maximum absolute atomic E-state index is 13.9. The van der Waals surface area contributed by atoms with Crippen LogP contribution in [-0.2, 0) is 14.4 Å². The van der Waals surface area contributed by atoms with Crippen LogP contribution in [0.3, 0.4) is 0 Å². The molecule has 1 aromatic rings. The average molecular weight is 340 g/mol. The van der Waals surface area contributed by atoms with Crippen molar-refractivity contribution < 1.29 is 28.3 Å². The van der Waals surface area contributed by atoms with Crippen molar-refractivity contribution in [1.29, 1.82) is 0 Å². The van der Waals surface area contributed by atoms with Gasteiger partial charge in [-0.25, -0.2) is 13.6 Å². The molecule has 1 aliphatic rings. The fraction of sp³-hybridized carbons (Fsp3) is 0.438. The maximum atomic E-state index is 13.9. The molecular weight excluding hydrogens is 322 g/mol. The first-order chi connectivity index (χ1) is 11.2. The van der Waals surface area contributed by atoms with Crippen LogP contribution in [0.1, 0.15) is 44.2 Å². The van der Waals surface area contributed by atoms with Crippen molar-refractivity contribution >= 4 is 17.8 Å². The molecule has 6 nitrogen and oxygen atoms in total. The molecule has 130 valence electrons. The smallest absolute Gasteiger partial charge is 0.329 e. The van der Waals surface area contributed by atoms with Gasteiger partial charge in [-0.3, -0.25) is 9.59 Å². The average Bonchev–Trinajstić information content (AvgIpc) is 2.41. The molecule has 1 aromatic carbocycles. The molecule has 2 rings (SSSR count). The van der Waals surface area contributed by atoms with E-state index < -0.39 is 53.0 Å². The van der Waals surface area contributed by atoms with E-state index in [1.165, 1.54) is 6.07 Å². The highest BCUT2D eigenvalue weighted by Gasteiger charge is 2.45. The number of carboxylic acid groups (broad SMARTS) is 1. The number of amides is 2. The quantitative estimate of drug-likeness (QED) is 0.734. The van der Waals surface area contributed by atoms with E-state index in [4.69, 9.17) is 0 Å². The standard InChI is InChI=1S/C16H18F2N2O4/c1-9(21)19-12(14-10(17)4-2-5-11(14)18)8-13(22)20-16(15(23)24)6-3-7-16/h2,4-5,12H,3,6-8H2,1H3,(H,19,21)(H,20,22)(H,23,24). The molecule has 0 saturated heterocycles. The number of carbonyl (C=O) groups is 3. The maximum Gasteiger partial charge on any atom is 0.329 e. The highest BCUT2D eigenvalue weighted by molar-refractivity contribution is 5.88. The molecule has 0 aromatic heterocycles. The van der Waals surface area contributed by atoms with Gasteiger partial charge in [0.25, 0.3) is 0 Å². The molecule has 1 unspecified atom stereocenters. The summed E-state index contributed by atoms with van der Waals surface area (Å²) in [5, 5.41) is 14.0. The third-order valence-corrected chi connectivity index (χ3v) is 4.11. The number of aliphatic carboxylic acids is 1. The van der Waals surface area contributed by atoms with E-state index in [1.807, 2.05) is 0 Å². The predicted molar refractivity (Wildman–Crippen MR) is 79.9 cm³/mol. The summed E-state index contributed by atoms with van der Waals surface area (Å²) in [6, 6.07) is 1.99. The normalized spacial score (nSPS) is 16.6. The second-order valence-electron chi connectivity index (χ2n) is 5.88. The lowest BCUT2D eigenvalue weighted by Crippen LogP contribution is -2.59. The topological polar surface area (TPSA) is 95.5 Å². The largest absolute Gasteiger partial charge is 0.480 e. The lowest BCUT2D eigenvalue weighted by molar-refractivity contribution is -0.152.